The summed E-state index contributed by atoms with van der Waals surface area (Å²) in [5, 5.41) is 0. The second-order valence-electron chi connectivity index (χ2n) is 6.66. The number of ether oxygens (including phenoxy) is 1. The van der Waals surface area contributed by atoms with Crippen molar-refractivity contribution in [2.75, 3.05) is 7.11 Å². The van der Waals surface area contributed by atoms with Crippen LogP contribution in [0.3, 0.4) is 0 Å². The van der Waals surface area contributed by atoms with Gasteiger partial charge in [0.1, 0.15) is 11.7 Å². The van der Waals surface area contributed by atoms with Crippen LogP contribution in [0.2, 0.25) is 0 Å². The summed E-state index contributed by atoms with van der Waals surface area (Å²) in [6.07, 6.45) is 7.01. The zero-order valence-electron chi connectivity index (χ0n) is 15.0. The van der Waals surface area contributed by atoms with Crippen LogP contribution in [0.25, 0.3) is 0 Å². The van der Waals surface area contributed by atoms with Crippen molar-refractivity contribution in [3.63, 3.8) is 0 Å². The maximum atomic E-state index is 11.5. The van der Waals surface area contributed by atoms with Crippen LogP contribution in [0.5, 0.6) is 0 Å². The third-order valence-corrected chi connectivity index (χ3v) is 4.53. The van der Waals surface area contributed by atoms with Crippen LogP contribution in [0, 0.1) is 11.8 Å². The summed E-state index contributed by atoms with van der Waals surface area (Å²) in [6, 6.07) is 0. The van der Waals surface area contributed by atoms with E-state index in [9.17, 15) is 9.59 Å². The highest BCUT2D eigenvalue weighted by atomic mass is 17.2. The van der Waals surface area contributed by atoms with Crippen LogP contribution < -0.4 is 0 Å². The molecule has 0 unspecified atom stereocenters. The number of rotatable bonds is 8. The fraction of sp³-hybridized carbons (Fsp3) is 0.778. The average molecular weight is 326 g/mol. The minimum atomic E-state index is -0.408. The first kappa shape index (κ1) is 19.8. The molecule has 23 heavy (non-hydrogen) atoms. The van der Waals surface area contributed by atoms with Crippen molar-refractivity contribution in [1.82, 2.24) is 0 Å². The van der Waals surface area contributed by atoms with Gasteiger partial charge in [0.2, 0.25) is 0 Å². The summed E-state index contributed by atoms with van der Waals surface area (Å²) < 4.78 is 4.72. The lowest BCUT2D eigenvalue weighted by Crippen LogP contribution is -2.45. The lowest BCUT2D eigenvalue weighted by molar-refractivity contribution is -0.419. The summed E-state index contributed by atoms with van der Waals surface area (Å²) >= 11 is 0. The second-order valence-corrected chi connectivity index (χ2v) is 6.66. The topological polar surface area (TPSA) is 61.8 Å². The molecule has 4 atom stereocenters. The fourth-order valence-corrected chi connectivity index (χ4v) is 3.12. The average Bonchev–Trinajstić information content (AvgIpc) is 2.52. The maximum absolute atomic E-state index is 11.5. The molecule has 1 saturated heterocycles. The second kappa shape index (κ2) is 9.18. The van der Waals surface area contributed by atoms with Gasteiger partial charge in [-0.25, -0.2) is 9.78 Å². The zero-order valence-corrected chi connectivity index (χ0v) is 15.0. The molecule has 5 nitrogen and oxygen atoms in total. The highest BCUT2D eigenvalue weighted by molar-refractivity contribution is 5.87. The highest BCUT2D eigenvalue weighted by Gasteiger charge is 2.41. The van der Waals surface area contributed by atoms with Gasteiger partial charge in [-0.1, -0.05) is 26.3 Å². The SMILES string of the molecule is CC[C@H](/C=C/C(C)=O)C[C@@]1(C)C[C@@H](CC)[C@@H](CC(=O)OC)OO1. The van der Waals surface area contributed by atoms with Gasteiger partial charge in [-0.2, -0.15) is 0 Å². The molecule has 1 heterocycles. The highest BCUT2D eigenvalue weighted by Crippen LogP contribution is 2.39. The Labute approximate surface area is 139 Å². The molecule has 0 spiro atoms. The number of allylic oxidation sites excluding steroid dienone is 2. The van der Waals surface area contributed by atoms with Crippen molar-refractivity contribution < 1.29 is 24.1 Å². The Kier molecular flexibility index (Phi) is 7.92. The molecule has 132 valence electrons. The number of esters is 1. The van der Waals surface area contributed by atoms with Crippen LogP contribution in [-0.4, -0.2) is 30.6 Å². The first-order chi connectivity index (χ1) is 10.8. The van der Waals surface area contributed by atoms with Crippen molar-refractivity contribution >= 4 is 11.8 Å². The van der Waals surface area contributed by atoms with Gasteiger partial charge in [0.15, 0.2) is 5.78 Å². The van der Waals surface area contributed by atoms with Gasteiger partial charge in [-0.15, -0.1) is 0 Å². The Balaban J connectivity index is 2.69. The molecule has 0 aromatic carbocycles. The molecule has 0 N–H and O–H groups in total. The Bertz CT molecular complexity index is 431. The zero-order chi connectivity index (χ0) is 17.5. The molecule has 0 aliphatic carbocycles. The minimum Gasteiger partial charge on any atom is -0.469 e. The summed E-state index contributed by atoms with van der Waals surface area (Å²) in [5.74, 6) is 0.291. The van der Waals surface area contributed by atoms with E-state index in [2.05, 4.69) is 13.8 Å². The van der Waals surface area contributed by atoms with Crippen molar-refractivity contribution in [3.8, 4) is 0 Å². The van der Waals surface area contributed by atoms with E-state index in [4.69, 9.17) is 14.5 Å². The maximum Gasteiger partial charge on any atom is 0.308 e. The summed E-state index contributed by atoms with van der Waals surface area (Å²) in [6.45, 7) is 7.78. The molecule has 0 bridgehead atoms. The lowest BCUT2D eigenvalue weighted by Gasteiger charge is -2.42. The smallest absolute Gasteiger partial charge is 0.308 e. The molecule has 0 aromatic rings. The number of carbonyl (C=O) groups excluding carboxylic acids is 2. The molecule has 0 amide bonds. The minimum absolute atomic E-state index is 0.0546. The molecular formula is C18H30O5. The molecule has 0 radical (unpaired) electrons. The Morgan fingerprint density at radius 3 is 2.61 bits per heavy atom. The van der Waals surface area contributed by atoms with Crippen LogP contribution in [-0.2, 0) is 24.1 Å². The Morgan fingerprint density at radius 1 is 1.39 bits per heavy atom. The molecule has 1 aliphatic rings. The molecular weight excluding hydrogens is 296 g/mol. The molecule has 0 aromatic heterocycles. The number of carbonyl (C=O) groups is 2. The fourth-order valence-electron chi connectivity index (χ4n) is 3.12. The van der Waals surface area contributed by atoms with Gasteiger partial charge in [0, 0.05) is 0 Å². The van der Waals surface area contributed by atoms with E-state index in [-0.39, 0.29) is 36.1 Å². The number of hydrogen-bond acceptors (Lipinski definition) is 5. The number of hydrogen-bond donors (Lipinski definition) is 0. The van der Waals surface area contributed by atoms with Crippen molar-refractivity contribution in [2.24, 2.45) is 11.8 Å². The van der Waals surface area contributed by atoms with Gasteiger partial charge < -0.3 is 4.74 Å². The predicted molar refractivity (Wildman–Crippen MR) is 87.6 cm³/mol. The van der Waals surface area contributed by atoms with E-state index >= 15 is 0 Å². The molecule has 0 saturated carbocycles. The van der Waals surface area contributed by atoms with E-state index in [1.807, 2.05) is 13.0 Å². The van der Waals surface area contributed by atoms with E-state index in [1.165, 1.54) is 7.11 Å². The van der Waals surface area contributed by atoms with Gasteiger partial charge >= 0.3 is 5.97 Å². The summed E-state index contributed by atoms with van der Waals surface area (Å²) in [4.78, 5) is 33.8. The Hall–Kier alpha value is -1.20. The first-order valence-corrected chi connectivity index (χ1v) is 8.43. The summed E-state index contributed by atoms with van der Waals surface area (Å²) in [7, 11) is 1.38. The summed E-state index contributed by atoms with van der Waals surface area (Å²) in [5.41, 5.74) is -0.408. The lowest BCUT2D eigenvalue weighted by atomic mass is 9.79. The monoisotopic (exact) mass is 326 g/mol. The largest absolute Gasteiger partial charge is 0.469 e. The van der Waals surface area contributed by atoms with E-state index in [0.717, 1.165) is 25.7 Å². The predicted octanol–water partition coefficient (Wildman–Crippen LogP) is 3.62. The number of ketones is 1. The third kappa shape index (κ3) is 6.43. The third-order valence-electron chi connectivity index (χ3n) is 4.53. The normalized spacial score (nSPS) is 29.4. The molecule has 1 fully saturated rings. The van der Waals surface area contributed by atoms with Crippen LogP contribution in [0.15, 0.2) is 12.2 Å². The first-order valence-electron chi connectivity index (χ1n) is 8.43. The molecule has 5 heteroatoms. The van der Waals surface area contributed by atoms with E-state index < -0.39 is 5.60 Å². The Morgan fingerprint density at radius 2 is 2.09 bits per heavy atom. The van der Waals surface area contributed by atoms with Crippen LogP contribution in [0.4, 0.5) is 0 Å². The van der Waals surface area contributed by atoms with Crippen molar-refractivity contribution in [3.05, 3.63) is 12.2 Å². The van der Waals surface area contributed by atoms with Crippen molar-refractivity contribution in [1.29, 1.82) is 0 Å². The van der Waals surface area contributed by atoms with Gasteiger partial charge in [-0.05, 0) is 51.0 Å². The van der Waals surface area contributed by atoms with Crippen LogP contribution in [0.1, 0.15) is 59.8 Å². The van der Waals surface area contributed by atoms with Gasteiger partial charge in [0.25, 0.3) is 0 Å². The standard InChI is InChI=1S/C18H30O5/c1-6-14(9-8-13(3)19)11-18(4)12-15(7-2)16(22-23-18)10-17(20)21-5/h8-9,14-16H,6-7,10-12H2,1-5H3/b9-8+/t14-,15-,16-,18+/m1/s1. The van der Waals surface area contributed by atoms with Gasteiger partial charge in [0.05, 0.1) is 13.5 Å². The molecule has 1 rings (SSSR count). The van der Waals surface area contributed by atoms with Gasteiger partial charge in [-0.3, -0.25) is 9.59 Å². The van der Waals surface area contributed by atoms with Crippen LogP contribution >= 0.6 is 0 Å². The van der Waals surface area contributed by atoms with E-state index in [1.54, 1.807) is 13.0 Å². The molecule has 1 aliphatic heterocycles. The van der Waals surface area contributed by atoms with E-state index in [0.29, 0.717) is 0 Å². The number of methoxy groups -OCH3 is 1. The van der Waals surface area contributed by atoms with Crippen molar-refractivity contribution in [2.45, 2.75) is 71.5 Å². The quantitative estimate of drug-likeness (QED) is 0.387.